The maximum absolute atomic E-state index is 12.5. The number of carbonyl (C=O) groups is 1. The van der Waals surface area contributed by atoms with Crippen molar-refractivity contribution in [1.82, 2.24) is 4.90 Å². The standard InChI is InChI=1S/C24H25NO2/c1-20-12-14-24(15-13-20)27-19-23(26)18-25(16-21-8-4-2-5-9-21)17-22-10-6-3-7-11-22/h2-15H,16-19H2,1H3. The van der Waals surface area contributed by atoms with Gasteiger partial charge in [0.15, 0.2) is 5.78 Å². The number of hydrogen-bond donors (Lipinski definition) is 0. The molecular weight excluding hydrogens is 334 g/mol. The molecule has 0 fully saturated rings. The van der Waals surface area contributed by atoms with Gasteiger partial charge in [0.1, 0.15) is 12.4 Å². The topological polar surface area (TPSA) is 29.5 Å². The van der Waals surface area contributed by atoms with E-state index in [1.54, 1.807) is 0 Å². The average molecular weight is 359 g/mol. The second-order valence-electron chi connectivity index (χ2n) is 6.76. The molecule has 0 aromatic heterocycles. The molecule has 0 amide bonds. The zero-order valence-electron chi connectivity index (χ0n) is 15.7. The lowest BCUT2D eigenvalue weighted by Gasteiger charge is -2.22. The fourth-order valence-corrected chi connectivity index (χ4v) is 2.94. The highest BCUT2D eigenvalue weighted by molar-refractivity contribution is 5.82. The molecule has 0 radical (unpaired) electrons. The minimum atomic E-state index is 0.0717. The van der Waals surface area contributed by atoms with E-state index in [4.69, 9.17) is 4.74 Å². The number of benzene rings is 3. The molecule has 0 saturated carbocycles. The molecule has 3 nitrogen and oxygen atoms in total. The zero-order chi connectivity index (χ0) is 18.9. The fraction of sp³-hybridized carbons (Fsp3) is 0.208. The molecule has 0 aliphatic heterocycles. The second kappa shape index (κ2) is 9.70. The molecule has 0 bridgehead atoms. The first-order chi connectivity index (χ1) is 13.2. The first-order valence-electron chi connectivity index (χ1n) is 9.20. The van der Waals surface area contributed by atoms with Crippen LogP contribution < -0.4 is 4.74 Å². The van der Waals surface area contributed by atoms with E-state index in [0.29, 0.717) is 6.54 Å². The number of hydrogen-bond acceptors (Lipinski definition) is 3. The first kappa shape index (κ1) is 18.9. The van der Waals surface area contributed by atoms with Crippen molar-refractivity contribution in [2.75, 3.05) is 13.2 Å². The van der Waals surface area contributed by atoms with Crippen molar-refractivity contribution >= 4 is 5.78 Å². The highest BCUT2D eigenvalue weighted by Gasteiger charge is 2.13. The van der Waals surface area contributed by atoms with E-state index in [1.807, 2.05) is 67.6 Å². The van der Waals surface area contributed by atoms with Gasteiger partial charge in [-0.05, 0) is 30.2 Å². The molecule has 0 saturated heterocycles. The number of nitrogens with zero attached hydrogens (tertiary/aromatic N) is 1. The molecule has 3 aromatic rings. The number of aryl methyl sites for hydroxylation is 1. The number of Topliss-reactive ketones (excluding diaryl/α,β-unsaturated/α-hetero) is 1. The van der Waals surface area contributed by atoms with Crippen LogP contribution in [0.1, 0.15) is 16.7 Å². The number of carbonyl (C=O) groups excluding carboxylic acids is 1. The maximum atomic E-state index is 12.5. The van der Waals surface area contributed by atoms with Crippen LogP contribution in [0.25, 0.3) is 0 Å². The van der Waals surface area contributed by atoms with Crippen LogP contribution in [0, 0.1) is 6.92 Å². The number of ether oxygens (including phenoxy) is 1. The molecular formula is C24H25NO2. The third-order valence-electron chi connectivity index (χ3n) is 4.32. The molecule has 0 spiro atoms. The van der Waals surface area contributed by atoms with Crippen molar-refractivity contribution in [2.24, 2.45) is 0 Å². The van der Waals surface area contributed by atoms with Crippen molar-refractivity contribution in [2.45, 2.75) is 20.0 Å². The lowest BCUT2D eigenvalue weighted by molar-refractivity contribution is -0.122. The molecule has 0 unspecified atom stereocenters. The smallest absolute Gasteiger partial charge is 0.184 e. The molecule has 0 aliphatic carbocycles. The van der Waals surface area contributed by atoms with Crippen molar-refractivity contribution in [1.29, 1.82) is 0 Å². The molecule has 0 aliphatic rings. The van der Waals surface area contributed by atoms with Crippen LogP contribution in [0.2, 0.25) is 0 Å². The molecule has 3 rings (SSSR count). The first-order valence-corrected chi connectivity index (χ1v) is 9.20. The SMILES string of the molecule is Cc1ccc(OCC(=O)CN(Cc2ccccc2)Cc2ccccc2)cc1. The van der Waals surface area contributed by atoms with E-state index in [1.165, 1.54) is 16.7 Å². The second-order valence-corrected chi connectivity index (χ2v) is 6.76. The Morgan fingerprint density at radius 2 is 1.30 bits per heavy atom. The van der Waals surface area contributed by atoms with Gasteiger partial charge in [0.25, 0.3) is 0 Å². The van der Waals surface area contributed by atoms with Gasteiger partial charge in [0.05, 0.1) is 6.54 Å². The van der Waals surface area contributed by atoms with E-state index in [0.717, 1.165) is 18.8 Å². The summed E-state index contributed by atoms with van der Waals surface area (Å²) in [6.45, 7) is 3.93. The predicted octanol–water partition coefficient (Wildman–Crippen LogP) is 4.65. The van der Waals surface area contributed by atoms with Gasteiger partial charge in [0, 0.05) is 13.1 Å². The van der Waals surface area contributed by atoms with Gasteiger partial charge >= 0.3 is 0 Å². The van der Waals surface area contributed by atoms with Crippen LogP contribution in [-0.4, -0.2) is 23.8 Å². The number of rotatable bonds is 9. The van der Waals surface area contributed by atoms with Crippen LogP contribution in [0.4, 0.5) is 0 Å². The Bertz CT molecular complexity index is 788. The van der Waals surface area contributed by atoms with Crippen molar-refractivity contribution in [3.8, 4) is 5.75 Å². The minimum Gasteiger partial charge on any atom is -0.486 e. The highest BCUT2D eigenvalue weighted by Crippen LogP contribution is 2.13. The summed E-state index contributed by atoms with van der Waals surface area (Å²) in [4.78, 5) is 14.7. The van der Waals surface area contributed by atoms with Crippen molar-refractivity contribution < 1.29 is 9.53 Å². The fourth-order valence-electron chi connectivity index (χ4n) is 2.94. The zero-order valence-corrected chi connectivity index (χ0v) is 15.7. The van der Waals surface area contributed by atoms with Crippen LogP contribution in [0.5, 0.6) is 5.75 Å². The largest absolute Gasteiger partial charge is 0.486 e. The summed E-state index contributed by atoms with van der Waals surface area (Å²) in [6, 6.07) is 28.2. The van der Waals surface area contributed by atoms with Crippen LogP contribution >= 0.6 is 0 Å². The molecule has 3 aromatic carbocycles. The summed E-state index contributed by atoms with van der Waals surface area (Å²) in [5.41, 5.74) is 3.56. The van der Waals surface area contributed by atoms with E-state index in [-0.39, 0.29) is 12.4 Å². The summed E-state index contributed by atoms with van der Waals surface area (Å²) in [7, 11) is 0. The van der Waals surface area contributed by atoms with Gasteiger partial charge < -0.3 is 4.74 Å². The van der Waals surface area contributed by atoms with Gasteiger partial charge in [-0.2, -0.15) is 0 Å². The average Bonchev–Trinajstić information content (AvgIpc) is 2.69. The van der Waals surface area contributed by atoms with Gasteiger partial charge in [-0.1, -0.05) is 78.4 Å². The van der Waals surface area contributed by atoms with Gasteiger partial charge in [0.2, 0.25) is 0 Å². The van der Waals surface area contributed by atoms with Gasteiger partial charge in [-0.15, -0.1) is 0 Å². The summed E-state index contributed by atoms with van der Waals surface area (Å²) in [5.74, 6) is 0.800. The highest BCUT2D eigenvalue weighted by atomic mass is 16.5. The van der Waals surface area contributed by atoms with Crippen LogP contribution in [-0.2, 0) is 17.9 Å². The van der Waals surface area contributed by atoms with Crippen LogP contribution in [0.3, 0.4) is 0 Å². The van der Waals surface area contributed by atoms with Gasteiger partial charge in [-0.3, -0.25) is 9.69 Å². The van der Waals surface area contributed by atoms with E-state index < -0.39 is 0 Å². The van der Waals surface area contributed by atoms with Gasteiger partial charge in [-0.25, -0.2) is 0 Å². The Kier molecular flexibility index (Phi) is 6.78. The molecule has 27 heavy (non-hydrogen) atoms. The monoisotopic (exact) mass is 359 g/mol. The summed E-state index contributed by atoms with van der Waals surface area (Å²) in [6.07, 6.45) is 0. The van der Waals surface area contributed by atoms with Crippen molar-refractivity contribution in [3.05, 3.63) is 102 Å². The Morgan fingerprint density at radius 1 is 0.778 bits per heavy atom. The quantitative estimate of drug-likeness (QED) is 0.557. The van der Waals surface area contributed by atoms with Crippen LogP contribution in [0.15, 0.2) is 84.9 Å². The summed E-state index contributed by atoms with van der Waals surface area (Å²) >= 11 is 0. The Balaban J connectivity index is 1.60. The lowest BCUT2D eigenvalue weighted by atomic mass is 10.1. The van der Waals surface area contributed by atoms with E-state index >= 15 is 0 Å². The number of ketones is 1. The third-order valence-corrected chi connectivity index (χ3v) is 4.32. The maximum Gasteiger partial charge on any atom is 0.184 e. The Morgan fingerprint density at radius 3 is 1.81 bits per heavy atom. The molecule has 0 N–H and O–H groups in total. The lowest BCUT2D eigenvalue weighted by Crippen LogP contribution is -2.31. The molecule has 3 heteroatoms. The molecule has 0 atom stereocenters. The van der Waals surface area contributed by atoms with E-state index in [9.17, 15) is 4.79 Å². The third kappa shape index (κ3) is 6.39. The minimum absolute atomic E-state index is 0.0717. The normalized spacial score (nSPS) is 10.7. The molecule has 138 valence electrons. The predicted molar refractivity (Wildman–Crippen MR) is 109 cm³/mol. The molecule has 0 heterocycles. The summed E-state index contributed by atoms with van der Waals surface area (Å²) in [5, 5.41) is 0. The van der Waals surface area contributed by atoms with Crippen molar-refractivity contribution in [3.63, 3.8) is 0 Å². The van der Waals surface area contributed by atoms with E-state index in [2.05, 4.69) is 29.2 Å². The Labute approximate surface area is 161 Å². The Hall–Kier alpha value is -2.91. The summed E-state index contributed by atoms with van der Waals surface area (Å²) < 4.78 is 5.65.